The summed E-state index contributed by atoms with van der Waals surface area (Å²) >= 11 is 0. The van der Waals surface area contributed by atoms with Crippen LogP contribution in [0.1, 0.15) is 37.7 Å². The zero-order chi connectivity index (χ0) is 11.2. The van der Waals surface area contributed by atoms with Crippen LogP contribution in [0.5, 0.6) is 0 Å². The molecule has 15 heavy (non-hydrogen) atoms. The van der Waals surface area contributed by atoms with Gasteiger partial charge in [0.2, 0.25) is 0 Å². The second kappa shape index (κ2) is 3.05. The number of fused-ring (bicyclic) bond motifs is 1. The molecule has 0 aliphatic heterocycles. The standard InChI is InChI=1S/C12H17N3/c1-7-8(2)15-11-9(7)10(12(3,4)5)13-6-14-11/h6H,1-5H3,(H,13,14,15). The third-order valence-electron chi connectivity index (χ3n) is 2.80. The van der Waals surface area contributed by atoms with Gasteiger partial charge < -0.3 is 4.98 Å². The van der Waals surface area contributed by atoms with Crippen LogP contribution in [0.2, 0.25) is 0 Å². The number of nitrogens with one attached hydrogen (secondary N) is 1. The molecule has 0 atom stereocenters. The van der Waals surface area contributed by atoms with Gasteiger partial charge in [-0.2, -0.15) is 0 Å². The van der Waals surface area contributed by atoms with Gasteiger partial charge in [0.25, 0.3) is 0 Å². The minimum absolute atomic E-state index is 0.0561. The Morgan fingerprint density at radius 3 is 2.40 bits per heavy atom. The Morgan fingerprint density at radius 1 is 1.13 bits per heavy atom. The lowest BCUT2D eigenvalue weighted by molar-refractivity contribution is 0.574. The van der Waals surface area contributed by atoms with Gasteiger partial charge in [0.05, 0.1) is 5.69 Å². The van der Waals surface area contributed by atoms with Gasteiger partial charge >= 0.3 is 0 Å². The number of aromatic nitrogens is 3. The summed E-state index contributed by atoms with van der Waals surface area (Å²) in [5, 5.41) is 1.18. The van der Waals surface area contributed by atoms with Gasteiger partial charge in [-0.3, -0.25) is 0 Å². The first-order valence-electron chi connectivity index (χ1n) is 5.21. The number of hydrogen-bond acceptors (Lipinski definition) is 2. The number of hydrogen-bond donors (Lipinski definition) is 1. The van der Waals surface area contributed by atoms with Crippen molar-refractivity contribution in [3.05, 3.63) is 23.3 Å². The molecule has 2 aromatic rings. The highest BCUT2D eigenvalue weighted by Gasteiger charge is 2.21. The Hall–Kier alpha value is -1.38. The quantitative estimate of drug-likeness (QED) is 0.715. The fourth-order valence-corrected chi connectivity index (χ4v) is 1.86. The minimum atomic E-state index is 0.0561. The van der Waals surface area contributed by atoms with Crippen LogP contribution in [0.4, 0.5) is 0 Å². The third-order valence-corrected chi connectivity index (χ3v) is 2.80. The van der Waals surface area contributed by atoms with Crippen molar-refractivity contribution in [1.29, 1.82) is 0 Å². The first kappa shape index (κ1) is 10.1. The fourth-order valence-electron chi connectivity index (χ4n) is 1.86. The van der Waals surface area contributed by atoms with Crippen LogP contribution in [0, 0.1) is 13.8 Å². The van der Waals surface area contributed by atoms with Gasteiger partial charge in [-0.25, -0.2) is 9.97 Å². The van der Waals surface area contributed by atoms with Crippen molar-refractivity contribution in [2.45, 2.75) is 40.0 Å². The lowest BCUT2D eigenvalue weighted by Crippen LogP contribution is -2.14. The van der Waals surface area contributed by atoms with E-state index in [1.807, 2.05) is 0 Å². The van der Waals surface area contributed by atoms with E-state index >= 15 is 0 Å². The summed E-state index contributed by atoms with van der Waals surface area (Å²) in [5.74, 6) is 0. The first-order valence-corrected chi connectivity index (χ1v) is 5.21. The molecule has 0 aliphatic rings. The number of rotatable bonds is 0. The molecule has 3 nitrogen and oxygen atoms in total. The van der Waals surface area contributed by atoms with Gasteiger partial charge in [0.1, 0.15) is 12.0 Å². The number of aromatic amines is 1. The first-order chi connectivity index (χ1) is 6.91. The van der Waals surface area contributed by atoms with Crippen LogP contribution < -0.4 is 0 Å². The van der Waals surface area contributed by atoms with Crippen LogP contribution >= 0.6 is 0 Å². The second-order valence-corrected chi connectivity index (χ2v) is 5.07. The minimum Gasteiger partial charge on any atom is -0.343 e. The predicted molar refractivity (Wildman–Crippen MR) is 62.1 cm³/mol. The molecule has 0 spiro atoms. The summed E-state index contributed by atoms with van der Waals surface area (Å²) in [7, 11) is 0. The molecule has 2 aromatic heterocycles. The van der Waals surface area contributed by atoms with Crippen molar-refractivity contribution < 1.29 is 0 Å². The molecule has 0 fully saturated rings. The average Bonchev–Trinajstić information content (AvgIpc) is 2.41. The van der Waals surface area contributed by atoms with Gasteiger partial charge in [-0.15, -0.1) is 0 Å². The third kappa shape index (κ3) is 1.52. The molecular formula is C12H17N3. The normalized spacial score (nSPS) is 12.3. The lowest BCUT2D eigenvalue weighted by atomic mass is 9.89. The van der Waals surface area contributed by atoms with E-state index in [4.69, 9.17) is 0 Å². The lowest BCUT2D eigenvalue weighted by Gasteiger charge is -2.18. The molecule has 0 bridgehead atoms. The van der Waals surface area contributed by atoms with Gasteiger partial charge in [0.15, 0.2) is 0 Å². The van der Waals surface area contributed by atoms with E-state index in [1.54, 1.807) is 6.33 Å². The Balaban J connectivity index is 2.86. The van der Waals surface area contributed by atoms with Crippen molar-refractivity contribution in [3.63, 3.8) is 0 Å². The van der Waals surface area contributed by atoms with E-state index in [-0.39, 0.29) is 5.41 Å². The zero-order valence-corrected chi connectivity index (χ0v) is 9.97. The Morgan fingerprint density at radius 2 is 1.80 bits per heavy atom. The summed E-state index contributed by atoms with van der Waals surface area (Å²) in [6.07, 6.45) is 1.64. The summed E-state index contributed by atoms with van der Waals surface area (Å²) < 4.78 is 0. The SMILES string of the molecule is Cc1[nH]c2ncnc(C(C)(C)C)c2c1C. The molecule has 0 unspecified atom stereocenters. The van der Waals surface area contributed by atoms with Crippen molar-refractivity contribution in [1.82, 2.24) is 15.0 Å². The highest BCUT2D eigenvalue weighted by molar-refractivity contribution is 5.84. The highest BCUT2D eigenvalue weighted by Crippen LogP contribution is 2.30. The smallest absolute Gasteiger partial charge is 0.141 e. The maximum absolute atomic E-state index is 4.42. The number of aryl methyl sites for hydroxylation is 2. The largest absolute Gasteiger partial charge is 0.343 e. The molecule has 0 radical (unpaired) electrons. The maximum atomic E-state index is 4.42. The van der Waals surface area contributed by atoms with E-state index in [1.165, 1.54) is 16.6 Å². The summed E-state index contributed by atoms with van der Waals surface area (Å²) in [6, 6.07) is 0. The number of nitrogens with zero attached hydrogens (tertiary/aromatic N) is 2. The van der Waals surface area contributed by atoms with E-state index in [0.29, 0.717) is 0 Å². The fraction of sp³-hybridized carbons (Fsp3) is 0.500. The van der Waals surface area contributed by atoms with E-state index in [2.05, 4.69) is 49.6 Å². The predicted octanol–water partition coefficient (Wildman–Crippen LogP) is 2.87. The molecule has 0 saturated heterocycles. The maximum Gasteiger partial charge on any atom is 0.141 e. The molecule has 2 heterocycles. The van der Waals surface area contributed by atoms with Crippen LogP contribution in [0.15, 0.2) is 6.33 Å². The van der Waals surface area contributed by atoms with Crippen LogP contribution in [0.25, 0.3) is 11.0 Å². The Labute approximate surface area is 90.0 Å². The average molecular weight is 203 g/mol. The van der Waals surface area contributed by atoms with Crippen LogP contribution in [-0.4, -0.2) is 15.0 Å². The van der Waals surface area contributed by atoms with Crippen molar-refractivity contribution in [3.8, 4) is 0 Å². The van der Waals surface area contributed by atoms with Crippen molar-refractivity contribution in [2.24, 2.45) is 0 Å². The zero-order valence-electron chi connectivity index (χ0n) is 9.97. The van der Waals surface area contributed by atoms with Gasteiger partial charge in [0, 0.05) is 16.5 Å². The Bertz CT molecular complexity index is 503. The number of H-pyrrole nitrogens is 1. The molecule has 3 heteroatoms. The van der Waals surface area contributed by atoms with Crippen LogP contribution in [0.3, 0.4) is 0 Å². The van der Waals surface area contributed by atoms with Gasteiger partial charge in [-0.1, -0.05) is 20.8 Å². The molecule has 0 amide bonds. The van der Waals surface area contributed by atoms with E-state index < -0.39 is 0 Å². The van der Waals surface area contributed by atoms with Gasteiger partial charge in [-0.05, 0) is 19.4 Å². The highest BCUT2D eigenvalue weighted by atomic mass is 14.9. The van der Waals surface area contributed by atoms with E-state index in [9.17, 15) is 0 Å². The molecule has 2 rings (SSSR count). The molecule has 1 N–H and O–H groups in total. The summed E-state index contributed by atoms with van der Waals surface area (Å²) in [6.45, 7) is 10.7. The molecule has 80 valence electrons. The summed E-state index contributed by atoms with van der Waals surface area (Å²) in [5.41, 5.74) is 4.56. The molecular weight excluding hydrogens is 186 g/mol. The summed E-state index contributed by atoms with van der Waals surface area (Å²) in [4.78, 5) is 12.0. The molecule has 0 aliphatic carbocycles. The molecule has 0 aromatic carbocycles. The second-order valence-electron chi connectivity index (χ2n) is 5.07. The van der Waals surface area contributed by atoms with Crippen LogP contribution in [-0.2, 0) is 5.41 Å². The van der Waals surface area contributed by atoms with Crippen molar-refractivity contribution >= 4 is 11.0 Å². The topological polar surface area (TPSA) is 41.6 Å². The monoisotopic (exact) mass is 203 g/mol. The van der Waals surface area contributed by atoms with E-state index in [0.717, 1.165) is 11.3 Å². The Kier molecular flexibility index (Phi) is 2.07. The molecule has 0 saturated carbocycles. The van der Waals surface area contributed by atoms with Crippen molar-refractivity contribution in [2.75, 3.05) is 0 Å².